The number of carbonyl (C=O) groups excluding carboxylic acids is 1. The van der Waals surface area contributed by atoms with Crippen LogP contribution in [-0.4, -0.2) is 17.5 Å². The lowest BCUT2D eigenvalue weighted by Gasteiger charge is -2.21. The van der Waals surface area contributed by atoms with E-state index in [-0.39, 0.29) is 11.7 Å². The minimum absolute atomic E-state index is 0.0550. The molecule has 2 aromatic rings. The normalized spacial score (nSPS) is 23.2. The summed E-state index contributed by atoms with van der Waals surface area (Å²) in [7, 11) is 0. The number of ketones is 1. The maximum absolute atomic E-state index is 13.0. The van der Waals surface area contributed by atoms with Crippen molar-refractivity contribution in [1.29, 1.82) is 0 Å². The first-order valence-corrected chi connectivity index (χ1v) is 9.17. The van der Waals surface area contributed by atoms with Crippen molar-refractivity contribution < 1.29 is 14.6 Å². The fourth-order valence-electron chi connectivity index (χ4n) is 3.73. The highest BCUT2D eigenvalue weighted by Crippen LogP contribution is 2.39. The Kier molecular flexibility index (Phi) is 4.69. The molecule has 0 heterocycles. The first-order chi connectivity index (χ1) is 12.2. The van der Waals surface area contributed by atoms with E-state index >= 15 is 0 Å². The molecule has 0 spiro atoms. The minimum atomic E-state index is -0.556. The van der Waals surface area contributed by atoms with Crippen LogP contribution in [0.15, 0.2) is 54.6 Å². The van der Waals surface area contributed by atoms with Crippen molar-refractivity contribution in [3.63, 3.8) is 0 Å². The van der Waals surface area contributed by atoms with Gasteiger partial charge in [-0.3, -0.25) is 4.79 Å². The third kappa shape index (κ3) is 3.68. The maximum atomic E-state index is 13.0. The van der Waals surface area contributed by atoms with Crippen molar-refractivity contribution in [3.8, 4) is 0 Å². The average Bonchev–Trinajstić information content (AvgIpc) is 3.41. The van der Waals surface area contributed by atoms with E-state index in [0.717, 1.165) is 23.1 Å². The number of carbonyl (C=O) groups is 1. The summed E-state index contributed by atoms with van der Waals surface area (Å²) < 4.78 is 6.01. The van der Waals surface area contributed by atoms with Crippen LogP contribution in [0.3, 0.4) is 0 Å². The number of aliphatic hydroxyl groups is 1. The molecule has 3 unspecified atom stereocenters. The molecule has 0 saturated heterocycles. The lowest BCUT2D eigenvalue weighted by Crippen LogP contribution is -2.22. The molecule has 130 valence electrons. The Bertz CT molecular complexity index is 736. The van der Waals surface area contributed by atoms with Crippen LogP contribution < -0.4 is 0 Å². The SMILES string of the molecule is O=C(CC1Cc2ccccc2C1O)C(OCC1CC1)c1ccccc1. The summed E-state index contributed by atoms with van der Waals surface area (Å²) in [4.78, 5) is 13.0. The molecule has 0 aromatic heterocycles. The van der Waals surface area contributed by atoms with Gasteiger partial charge < -0.3 is 9.84 Å². The minimum Gasteiger partial charge on any atom is -0.388 e. The highest BCUT2D eigenvalue weighted by Gasteiger charge is 2.35. The number of benzene rings is 2. The molecule has 1 fully saturated rings. The van der Waals surface area contributed by atoms with Gasteiger partial charge in [0, 0.05) is 12.3 Å². The van der Waals surface area contributed by atoms with Crippen molar-refractivity contribution in [1.82, 2.24) is 0 Å². The predicted octanol–water partition coefficient (Wildman–Crippen LogP) is 4.02. The van der Waals surface area contributed by atoms with Gasteiger partial charge >= 0.3 is 0 Å². The van der Waals surface area contributed by atoms with Crippen LogP contribution in [-0.2, 0) is 16.0 Å². The average molecular weight is 336 g/mol. The quantitative estimate of drug-likeness (QED) is 0.831. The van der Waals surface area contributed by atoms with E-state index in [1.165, 1.54) is 12.8 Å². The van der Waals surface area contributed by atoms with Gasteiger partial charge in [0.05, 0.1) is 12.7 Å². The standard InChI is InChI=1S/C22H24O3/c23-20(13-18-12-17-8-4-5-9-19(17)21(18)24)22(25-14-15-10-11-15)16-6-2-1-3-7-16/h1-9,15,18,21-22,24H,10-14H2. The summed E-state index contributed by atoms with van der Waals surface area (Å²) in [6.45, 7) is 0.652. The summed E-state index contributed by atoms with van der Waals surface area (Å²) >= 11 is 0. The molecule has 3 atom stereocenters. The summed E-state index contributed by atoms with van der Waals surface area (Å²) in [5, 5.41) is 10.6. The van der Waals surface area contributed by atoms with Crippen molar-refractivity contribution in [2.24, 2.45) is 11.8 Å². The molecule has 1 saturated carbocycles. The third-order valence-electron chi connectivity index (χ3n) is 5.36. The molecule has 0 radical (unpaired) electrons. The lowest BCUT2D eigenvalue weighted by atomic mass is 9.92. The fourth-order valence-corrected chi connectivity index (χ4v) is 3.73. The second kappa shape index (κ2) is 7.11. The maximum Gasteiger partial charge on any atom is 0.166 e. The van der Waals surface area contributed by atoms with Gasteiger partial charge in [0.25, 0.3) is 0 Å². The number of rotatable bonds is 7. The summed E-state index contributed by atoms with van der Waals surface area (Å²) in [6, 6.07) is 17.7. The highest BCUT2D eigenvalue weighted by molar-refractivity contribution is 5.84. The molecule has 4 rings (SSSR count). The van der Waals surface area contributed by atoms with Crippen LogP contribution in [0.5, 0.6) is 0 Å². The van der Waals surface area contributed by atoms with Gasteiger partial charge in [0.15, 0.2) is 5.78 Å². The second-order valence-corrected chi connectivity index (χ2v) is 7.35. The second-order valence-electron chi connectivity index (χ2n) is 7.35. The summed E-state index contributed by atoms with van der Waals surface area (Å²) in [5.41, 5.74) is 3.04. The van der Waals surface area contributed by atoms with Crippen LogP contribution in [0.4, 0.5) is 0 Å². The van der Waals surface area contributed by atoms with Gasteiger partial charge in [-0.05, 0) is 41.9 Å². The highest BCUT2D eigenvalue weighted by atomic mass is 16.5. The molecule has 3 heteroatoms. The van der Waals surface area contributed by atoms with Gasteiger partial charge in [-0.25, -0.2) is 0 Å². The van der Waals surface area contributed by atoms with Crippen molar-refractivity contribution >= 4 is 5.78 Å². The van der Waals surface area contributed by atoms with E-state index in [4.69, 9.17) is 4.74 Å². The third-order valence-corrected chi connectivity index (χ3v) is 5.36. The van der Waals surface area contributed by atoms with Gasteiger partial charge in [-0.1, -0.05) is 54.6 Å². The molecular weight excluding hydrogens is 312 g/mol. The molecule has 25 heavy (non-hydrogen) atoms. The Morgan fingerprint density at radius 2 is 1.80 bits per heavy atom. The molecule has 1 N–H and O–H groups in total. The number of fused-ring (bicyclic) bond motifs is 1. The topological polar surface area (TPSA) is 46.5 Å². The van der Waals surface area contributed by atoms with Crippen molar-refractivity contribution in [2.45, 2.75) is 37.9 Å². The molecule has 2 aromatic carbocycles. The Morgan fingerprint density at radius 3 is 2.52 bits per heavy atom. The molecule has 3 nitrogen and oxygen atoms in total. The zero-order chi connectivity index (χ0) is 17.2. The van der Waals surface area contributed by atoms with E-state index in [2.05, 4.69) is 0 Å². The Hall–Kier alpha value is -1.97. The van der Waals surface area contributed by atoms with E-state index in [1.807, 2.05) is 54.6 Å². The number of ether oxygens (including phenoxy) is 1. The predicted molar refractivity (Wildman–Crippen MR) is 96.1 cm³/mol. The zero-order valence-corrected chi connectivity index (χ0v) is 14.3. The number of hydrogen-bond acceptors (Lipinski definition) is 3. The number of Topliss-reactive ketones (excluding diaryl/α,β-unsaturated/α-hetero) is 1. The fraction of sp³-hybridized carbons (Fsp3) is 0.409. The van der Waals surface area contributed by atoms with Crippen LogP contribution in [0.2, 0.25) is 0 Å². The first-order valence-electron chi connectivity index (χ1n) is 9.17. The van der Waals surface area contributed by atoms with E-state index in [1.54, 1.807) is 0 Å². The molecule has 2 aliphatic carbocycles. The van der Waals surface area contributed by atoms with Crippen LogP contribution in [0.25, 0.3) is 0 Å². The molecule has 2 aliphatic rings. The van der Waals surface area contributed by atoms with Crippen molar-refractivity contribution in [2.75, 3.05) is 6.61 Å². The Morgan fingerprint density at radius 1 is 1.08 bits per heavy atom. The van der Waals surface area contributed by atoms with Gasteiger partial charge in [0.2, 0.25) is 0 Å². The lowest BCUT2D eigenvalue weighted by molar-refractivity contribution is -0.133. The van der Waals surface area contributed by atoms with Crippen LogP contribution in [0.1, 0.15) is 48.2 Å². The summed E-state index contributed by atoms with van der Waals surface area (Å²) in [5.74, 6) is 0.629. The van der Waals surface area contributed by atoms with Crippen molar-refractivity contribution in [3.05, 3.63) is 71.3 Å². The Labute approximate surface area is 148 Å². The molecule has 0 amide bonds. The largest absolute Gasteiger partial charge is 0.388 e. The zero-order valence-electron chi connectivity index (χ0n) is 14.3. The number of aliphatic hydroxyl groups excluding tert-OH is 1. The smallest absolute Gasteiger partial charge is 0.166 e. The summed E-state index contributed by atoms with van der Waals surface area (Å²) in [6.07, 6.45) is 2.43. The van der Waals surface area contributed by atoms with E-state index in [0.29, 0.717) is 18.9 Å². The van der Waals surface area contributed by atoms with E-state index in [9.17, 15) is 9.90 Å². The van der Waals surface area contributed by atoms with Crippen LogP contribution in [0, 0.1) is 11.8 Å². The van der Waals surface area contributed by atoms with Gasteiger partial charge in [-0.2, -0.15) is 0 Å². The van der Waals surface area contributed by atoms with Crippen LogP contribution >= 0.6 is 0 Å². The monoisotopic (exact) mass is 336 g/mol. The van der Waals surface area contributed by atoms with Gasteiger partial charge in [0.1, 0.15) is 6.10 Å². The molecule has 0 aliphatic heterocycles. The Balaban J connectivity index is 1.47. The number of hydrogen-bond donors (Lipinski definition) is 1. The van der Waals surface area contributed by atoms with Gasteiger partial charge in [-0.15, -0.1) is 0 Å². The van der Waals surface area contributed by atoms with E-state index < -0.39 is 12.2 Å². The first kappa shape index (κ1) is 16.5. The molecular formula is C22H24O3. The molecule has 0 bridgehead atoms.